The van der Waals surface area contributed by atoms with Crippen LogP contribution in [0.1, 0.15) is 38.3 Å². The van der Waals surface area contributed by atoms with Gasteiger partial charge in [-0.05, 0) is 35.0 Å². The number of benzene rings is 1. The molecule has 2 rings (SSSR count). The summed E-state index contributed by atoms with van der Waals surface area (Å²) >= 11 is -0.826. The van der Waals surface area contributed by atoms with Gasteiger partial charge in [0.1, 0.15) is 0 Å². The Morgan fingerprint density at radius 3 is 2.35 bits per heavy atom. The van der Waals surface area contributed by atoms with E-state index in [1.165, 1.54) is 23.1 Å². The first-order valence-corrected chi connectivity index (χ1v) is 12.0. The fourth-order valence-corrected chi connectivity index (χ4v) is 2.09. The van der Waals surface area contributed by atoms with E-state index >= 15 is 0 Å². The van der Waals surface area contributed by atoms with Gasteiger partial charge in [-0.1, -0.05) is 51.1 Å². The number of fused-ring (bicyclic) bond motifs is 1. The van der Waals surface area contributed by atoms with Crippen molar-refractivity contribution in [2.45, 2.75) is 33.6 Å². The molecule has 0 saturated carbocycles. The van der Waals surface area contributed by atoms with Crippen LogP contribution in [0.25, 0.3) is 5.57 Å². The molecule has 0 radical (unpaired) electrons. The molecule has 0 atom stereocenters. The van der Waals surface area contributed by atoms with Crippen LogP contribution in [-0.2, 0) is 27.3 Å². The normalized spacial score (nSPS) is 13.4. The molecule has 1 aliphatic rings. The van der Waals surface area contributed by atoms with Gasteiger partial charge in [-0.15, -0.1) is 0 Å². The Labute approximate surface area is 123 Å². The SMILES string of the molecule is CC(C)(C)CC1=CCc2ccccc21.[Cl][Zr][Cl]. The van der Waals surface area contributed by atoms with E-state index in [9.17, 15) is 0 Å². The van der Waals surface area contributed by atoms with E-state index in [0.717, 1.165) is 6.42 Å². The predicted molar refractivity (Wildman–Crippen MR) is 73.9 cm³/mol. The molecule has 0 fully saturated rings. The minimum absolute atomic E-state index is 0.392. The Hall–Kier alpha value is 0.423. The van der Waals surface area contributed by atoms with Gasteiger partial charge in [0.25, 0.3) is 0 Å². The molecule has 0 N–H and O–H groups in total. The predicted octanol–water partition coefficient (Wildman–Crippen LogP) is 5.44. The van der Waals surface area contributed by atoms with Gasteiger partial charge in [-0.3, -0.25) is 0 Å². The summed E-state index contributed by atoms with van der Waals surface area (Å²) in [7, 11) is 9.87. The van der Waals surface area contributed by atoms with Crippen LogP contribution < -0.4 is 0 Å². The maximum atomic E-state index is 4.93. The average Bonchev–Trinajstić information content (AvgIpc) is 2.61. The van der Waals surface area contributed by atoms with E-state index in [-0.39, 0.29) is 0 Å². The van der Waals surface area contributed by atoms with E-state index in [1.54, 1.807) is 0 Å². The van der Waals surface area contributed by atoms with Gasteiger partial charge in [-0.25, -0.2) is 0 Å². The third-order valence-electron chi connectivity index (χ3n) is 2.65. The summed E-state index contributed by atoms with van der Waals surface area (Å²) in [4.78, 5) is 0. The molecule has 17 heavy (non-hydrogen) atoms. The summed E-state index contributed by atoms with van der Waals surface area (Å²) in [5.74, 6) is 0. The molecule has 0 aromatic heterocycles. The molecule has 0 amide bonds. The van der Waals surface area contributed by atoms with Crippen LogP contribution in [0.2, 0.25) is 0 Å². The molecule has 92 valence electrons. The van der Waals surface area contributed by atoms with Crippen LogP contribution in [0.3, 0.4) is 0 Å². The molecule has 1 aliphatic carbocycles. The molecular weight excluding hydrogens is 330 g/mol. The summed E-state index contributed by atoms with van der Waals surface area (Å²) in [6.45, 7) is 6.90. The number of hydrogen-bond donors (Lipinski definition) is 0. The van der Waals surface area contributed by atoms with Crippen molar-refractivity contribution in [3.63, 3.8) is 0 Å². The van der Waals surface area contributed by atoms with Gasteiger partial charge in [0.05, 0.1) is 0 Å². The van der Waals surface area contributed by atoms with Gasteiger partial charge in [-0.2, -0.15) is 0 Å². The molecular formula is C14H18Cl2Zr. The first-order valence-electron chi connectivity index (χ1n) is 5.71. The standard InChI is InChI=1S/C14H18.2ClH.Zr/c1-14(2,3)10-12-9-8-11-6-4-5-7-13(11)12;;;/h4-7,9H,8,10H2,1-3H3;2*1H;/q;;;+2/p-2. The van der Waals surface area contributed by atoms with Gasteiger partial charge < -0.3 is 0 Å². The van der Waals surface area contributed by atoms with E-state index in [0.29, 0.717) is 5.41 Å². The van der Waals surface area contributed by atoms with Crippen LogP contribution in [0, 0.1) is 5.41 Å². The van der Waals surface area contributed by atoms with Crippen LogP contribution in [0.5, 0.6) is 0 Å². The zero-order chi connectivity index (χ0) is 12.9. The molecule has 3 heteroatoms. The molecule has 0 unspecified atom stereocenters. The van der Waals surface area contributed by atoms with Gasteiger partial charge in [0.2, 0.25) is 0 Å². The van der Waals surface area contributed by atoms with Crippen LogP contribution >= 0.6 is 17.0 Å². The second-order valence-corrected chi connectivity index (χ2v) is 9.13. The summed E-state index contributed by atoms with van der Waals surface area (Å²) in [6, 6.07) is 8.76. The van der Waals surface area contributed by atoms with Crippen LogP contribution in [-0.4, -0.2) is 0 Å². The van der Waals surface area contributed by atoms with E-state index < -0.39 is 20.8 Å². The molecule has 0 saturated heterocycles. The fraction of sp³-hybridized carbons (Fsp3) is 0.429. The maximum absolute atomic E-state index is 4.93. The van der Waals surface area contributed by atoms with Gasteiger partial charge in [0.15, 0.2) is 0 Å². The van der Waals surface area contributed by atoms with Crippen molar-refractivity contribution in [1.82, 2.24) is 0 Å². The Morgan fingerprint density at radius 2 is 1.76 bits per heavy atom. The molecule has 0 heterocycles. The Kier molecular flexibility index (Phi) is 6.48. The van der Waals surface area contributed by atoms with Gasteiger partial charge in [0, 0.05) is 0 Å². The number of allylic oxidation sites excluding steroid dienone is 2. The van der Waals surface area contributed by atoms with E-state index in [2.05, 4.69) is 51.1 Å². The van der Waals surface area contributed by atoms with E-state index in [4.69, 9.17) is 17.0 Å². The third kappa shape index (κ3) is 5.29. The third-order valence-corrected chi connectivity index (χ3v) is 2.65. The first kappa shape index (κ1) is 15.5. The van der Waals surface area contributed by atoms with Crippen molar-refractivity contribution < 1.29 is 20.8 Å². The Balaban J connectivity index is 0.000000437. The molecule has 0 bridgehead atoms. The van der Waals surface area contributed by atoms with Gasteiger partial charge >= 0.3 is 37.9 Å². The summed E-state index contributed by atoms with van der Waals surface area (Å²) in [5, 5.41) is 0. The average molecular weight is 348 g/mol. The van der Waals surface area contributed by atoms with Crippen molar-refractivity contribution in [3.8, 4) is 0 Å². The number of halogens is 2. The number of hydrogen-bond acceptors (Lipinski definition) is 0. The number of rotatable bonds is 1. The summed E-state index contributed by atoms with van der Waals surface area (Å²) < 4.78 is 0. The molecule has 0 nitrogen and oxygen atoms in total. The van der Waals surface area contributed by atoms with Crippen molar-refractivity contribution in [1.29, 1.82) is 0 Å². The van der Waals surface area contributed by atoms with Crippen molar-refractivity contribution in [3.05, 3.63) is 41.5 Å². The van der Waals surface area contributed by atoms with Crippen LogP contribution in [0.15, 0.2) is 30.3 Å². The fourth-order valence-electron chi connectivity index (χ4n) is 2.09. The van der Waals surface area contributed by atoms with Crippen molar-refractivity contribution in [2.75, 3.05) is 0 Å². The van der Waals surface area contributed by atoms with E-state index in [1.807, 2.05) is 0 Å². The Bertz CT molecular complexity index is 391. The second-order valence-electron chi connectivity index (χ2n) is 5.40. The Morgan fingerprint density at radius 1 is 1.18 bits per heavy atom. The second kappa shape index (κ2) is 7.12. The first-order chi connectivity index (χ1) is 7.98. The molecule has 0 spiro atoms. The topological polar surface area (TPSA) is 0 Å². The molecule has 1 aromatic carbocycles. The summed E-state index contributed by atoms with van der Waals surface area (Å²) in [6.07, 6.45) is 4.70. The minimum atomic E-state index is -0.826. The summed E-state index contributed by atoms with van der Waals surface area (Å²) in [5.41, 5.74) is 4.89. The van der Waals surface area contributed by atoms with Crippen LogP contribution in [0.4, 0.5) is 0 Å². The molecule has 0 aliphatic heterocycles. The monoisotopic (exact) mass is 346 g/mol. The van der Waals surface area contributed by atoms with Crippen molar-refractivity contribution in [2.24, 2.45) is 5.41 Å². The zero-order valence-corrected chi connectivity index (χ0v) is 14.5. The molecule has 1 aromatic rings. The van der Waals surface area contributed by atoms with Crippen molar-refractivity contribution >= 4 is 22.6 Å². The zero-order valence-electron chi connectivity index (χ0n) is 10.6. The quantitative estimate of drug-likeness (QED) is 0.634.